The maximum atomic E-state index is 13.4. The lowest BCUT2D eigenvalue weighted by atomic mass is 10.0. The highest BCUT2D eigenvalue weighted by Gasteiger charge is 2.32. The van der Waals surface area contributed by atoms with E-state index >= 15 is 0 Å². The zero-order valence-corrected chi connectivity index (χ0v) is 13.4. The van der Waals surface area contributed by atoms with E-state index in [0.29, 0.717) is 24.2 Å². The number of pyridine rings is 1. The summed E-state index contributed by atoms with van der Waals surface area (Å²) < 4.78 is 82.3. The van der Waals surface area contributed by atoms with Gasteiger partial charge in [0, 0.05) is 19.2 Å². The van der Waals surface area contributed by atoms with Crippen molar-refractivity contribution >= 4 is 10.0 Å². The van der Waals surface area contributed by atoms with Crippen LogP contribution < -0.4 is 4.74 Å². The van der Waals surface area contributed by atoms with Gasteiger partial charge in [0.2, 0.25) is 15.9 Å². The van der Waals surface area contributed by atoms with Crippen LogP contribution in [-0.2, 0) is 23.0 Å². The highest BCUT2D eigenvalue weighted by Crippen LogP contribution is 2.30. The number of sulfonamides is 1. The summed E-state index contributed by atoms with van der Waals surface area (Å²) in [6.45, 7) is -3.45. The Morgan fingerprint density at radius 2 is 1.88 bits per heavy atom. The molecule has 5 nitrogen and oxygen atoms in total. The van der Waals surface area contributed by atoms with Gasteiger partial charge in [-0.2, -0.15) is 13.1 Å². The zero-order chi connectivity index (χ0) is 18.2. The minimum absolute atomic E-state index is 0.0333. The van der Waals surface area contributed by atoms with Gasteiger partial charge in [-0.1, -0.05) is 6.07 Å². The predicted octanol–water partition coefficient (Wildman–Crippen LogP) is 2.71. The lowest BCUT2D eigenvalue weighted by Crippen LogP contribution is -2.36. The Balaban J connectivity index is 1.99. The maximum Gasteiger partial charge on any atom is 0.388 e. The zero-order valence-electron chi connectivity index (χ0n) is 12.6. The lowest BCUT2D eigenvalue weighted by molar-refractivity contribution is -0.0550. The first-order valence-corrected chi connectivity index (χ1v) is 8.59. The Morgan fingerprint density at radius 1 is 1.12 bits per heavy atom. The van der Waals surface area contributed by atoms with Gasteiger partial charge in [-0.05, 0) is 29.7 Å². The first-order chi connectivity index (χ1) is 11.8. The quantitative estimate of drug-likeness (QED) is 0.770. The molecule has 0 N–H and O–H groups in total. The molecular weight excluding hydrogens is 364 g/mol. The molecule has 0 unspecified atom stereocenters. The molecule has 1 aromatic heterocycles. The largest absolute Gasteiger partial charge is 0.415 e. The van der Waals surface area contributed by atoms with Gasteiger partial charge in [0.15, 0.2) is 0 Å². The molecule has 1 aliphatic rings. The Bertz CT molecular complexity index is 906. The average Bonchev–Trinajstić information content (AvgIpc) is 2.55. The van der Waals surface area contributed by atoms with Crippen LogP contribution in [0.2, 0.25) is 0 Å². The molecular formula is C15H12F4N2O3S. The van der Waals surface area contributed by atoms with E-state index in [0.717, 1.165) is 9.87 Å². The number of benzene rings is 1. The van der Waals surface area contributed by atoms with Gasteiger partial charge in [0.05, 0.1) is 6.20 Å². The Morgan fingerprint density at radius 3 is 2.60 bits per heavy atom. The number of hydrogen-bond acceptors (Lipinski definition) is 4. The number of fused-ring (bicyclic) bond motifs is 1. The van der Waals surface area contributed by atoms with E-state index in [-0.39, 0.29) is 13.1 Å². The molecule has 10 heteroatoms. The normalized spacial score (nSPS) is 15.2. The van der Waals surface area contributed by atoms with E-state index in [2.05, 4.69) is 9.72 Å². The number of alkyl halides is 2. The lowest BCUT2D eigenvalue weighted by Gasteiger charge is -2.28. The molecule has 0 fully saturated rings. The Kier molecular flexibility index (Phi) is 4.65. The van der Waals surface area contributed by atoms with Crippen molar-refractivity contribution in [3.63, 3.8) is 0 Å². The van der Waals surface area contributed by atoms with Crippen LogP contribution in [0, 0.1) is 11.6 Å². The number of halogens is 4. The van der Waals surface area contributed by atoms with Crippen molar-refractivity contribution in [3.05, 3.63) is 53.2 Å². The molecule has 1 aromatic carbocycles. The highest BCUT2D eigenvalue weighted by molar-refractivity contribution is 7.89. The summed E-state index contributed by atoms with van der Waals surface area (Å²) in [7, 11) is -4.37. The van der Waals surface area contributed by atoms with Crippen LogP contribution in [0.1, 0.15) is 11.1 Å². The fourth-order valence-corrected chi connectivity index (χ4v) is 4.11. The molecule has 25 heavy (non-hydrogen) atoms. The van der Waals surface area contributed by atoms with Gasteiger partial charge in [0.25, 0.3) is 0 Å². The fourth-order valence-electron chi connectivity index (χ4n) is 2.61. The third kappa shape index (κ3) is 3.59. The summed E-state index contributed by atoms with van der Waals surface area (Å²) in [6.07, 6.45) is 0.889. The molecule has 2 aromatic rings. The van der Waals surface area contributed by atoms with Crippen molar-refractivity contribution in [2.45, 2.75) is 24.5 Å². The number of ether oxygens (including phenoxy) is 1. The van der Waals surface area contributed by atoms with Crippen molar-refractivity contribution < 1.29 is 30.7 Å². The van der Waals surface area contributed by atoms with Crippen LogP contribution in [-0.4, -0.2) is 30.9 Å². The van der Waals surface area contributed by atoms with E-state index in [1.807, 2.05) is 0 Å². The van der Waals surface area contributed by atoms with Crippen molar-refractivity contribution in [3.8, 4) is 5.88 Å². The van der Waals surface area contributed by atoms with Crippen LogP contribution in [0.4, 0.5) is 17.6 Å². The average molecular weight is 376 g/mol. The van der Waals surface area contributed by atoms with Crippen molar-refractivity contribution in [1.29, 1.82) is 0 Å². The first kappa shape index (κ1) is 17.6. The van der Waals surface area contributed by atoms with Crippen LogP contribution in [0.3, 0.4) is 0 Å². The SMILES string of the molecule is O=S(=O)(c1cc(F)cnc1OC(F)F)N1CCc2ccc(F)cc2C1. The molecule has 0 spiro atoms. The maximum absolute atomic E-state index is 13.4. The van der Waals surface area contributed by atoms with E-state index in [9.17, 15) is 26.0 Å². The molecule has 1 aliphatic heterocycles. The summed E-state index contributed by atoms with van der Waals surface area (Å²) in [6, 6.07) is 4.61. The van der Waals surface area contributed by atoms with Crippen molar-refractivity contribution in [2.75, 3.05) is 6.54 Å². The van der Waals surface area contributed by atoms with Gasteiger partial charge in [-0.3, -0.25) is 0 Å². The highest BCUT2D eigenvalue weighted by atomic mass is 32.2. The number of nitrogens with zero attached hydrogens (tertiary/aromatic N) is 2. The predicted molar refractivity (Wildman–Crippen MR) is 78.5 cm³/mol. The Labute approximate surface area is 140 Å². The van der Waals surface area contributed by atoms with E-state index in [1.54, 1.807) is 6.07 Å². The van der Waals surface area contributed by atoms with Crippen LogP contribution in [0.5, 0.6) is 5.88 Å². The third-order valence-electron chi connectivity index (χ3n) is 3.75. The minimum Gasteiger partial charge on any atom is -0.415 e. The summed E-state index contributed by atoms with van der Waals surface area (Å²) in [4.78, 5) is 2.50. The second kappa shape index (κ2) is 6.60. The molecule has 134 valence electrons. The number of aromatic nitrogens is 1. The van der Waals surface area contributed by atoms with E-state index in [4.69, 9.17) is 0 Å². The van der Waals surface area contributed by atoms with Crippen molar-refractivity contribution in [2.24, 2.45) is 0 Å². The van der Waals surface area contributed by atoms with Gasteiger partial charge in [-0.15, -0.1) is 0 Å². The summed E-state index contributed by atoms with van der Waals surface area (Å²) >= 11 is 0. The fraction of sp³-hybridized carbons (Fsp3) is 0.267. The molecule has 0 saturated carbocycles. The van der Waals surface area contributed by atoms with Gasteiger partial charge in [0.1, 0.15) is 16.5 Å². The molecule has 0 bridgehead atoms. The topological polar surface area (TPSA) is 59.5 Å². The molecule has 0 amide bonds. The standard InChI is InChI=1S/C15H12F4N2O3S/c16-11-2-1-9-3-4-21(8-10(9)5-11)25(22,23)13-6-12(17)7-20-14(13)24-15(18)19/h1-2,5-7,15H,3-4,8H2. The number of hydrogen-bond donors (Lipinski definition) is 0. The number of rotatable bonds is 4. The van der Waals surface area contributed by atoms with Gasteiger partial charge < -0.3 is 4.74 Å². The second-order valence-corrected chi connectivity index (χ2v) is 7.24. The smallest absolute Gasteiger partial charge is 0.388 e. The molecule has 0 aliphatic carbocycles. The van der Waals surface area contributed by atoms with Gasteiger partial charge in [-0.25, -0.2) is 22.2 Å². The minimum atomic E-state index is -4.37. The summed E-state index contributed by atoms with van der Waals surface area (Å²) in [5.74, 6) is -2.42. The summed E-state index contributed by atoms with van der Waals surface area (Å²) in [5, 5.41) is 0. The molecule has 0 atom stereocenters. The monoisotopic (exact) mass is 376 g/mol. The molecule has 0 saturated heterocycles. The van der Waals surface area contributed by atoms with Crippen molar-refractivity contribution in [1.82, 2.24) is 9.29 Å². The Hall–Kier alpha value is -2.20. The van der Waals surface area contributed by atoms with Crippen LogP contribution in [0.25, 0.3) is 0 Å². The molecule has 2 heterocycles. The second-order valence-electron chi connectivity index (χ2n) is 5.34. The van der Waals surface area contributed by atoms with Gasteiger partial charge >= 0.3 is 6.61 Å². The van der Waals surface area contributed by atoms with E-state index in [1.165, 1.54) is 12.1 Å². The van der Waals surface area contributed by atoms with E-state index < -0.39 is 39.0 Å². The van der Waals surface area contributed by atoms with Crippen LogP contribution in [0.15, 0.2) is 35.4 Å². The molecule has 3 rings (SSSR count). The van der Waals surface area contributed by atoms with Crippen LogP contribution >= 0.6 is 0 Å². The third-order valence-corrected chi connectivity index (χ3v) is 5.59. The first-order valence-electron chi connectivity index (χ1n) is 7.15. The molecule has 0 radical (unpaired) electrons. The summed E-state index contributed by atoms with van der Waals surface area (Å²) in [5.41, 5.74) is 1.24.